The lowest BCUT2D eigenvalue weighted by atomic mass is 9.98. The fourth-order valence-corrected chi connectivity index (χ4v) is 1.74. The van der Waals surface area contributed by atoms with Crippen LogP contribution in [0.2, 0.25) is 0 Å². The minimum absolute atomic E-state index is 0.144. The van der Waals surface area contributed by atoms with Crippen LogP contribution >= 0.6 is 0 Å². The van der Waals surface area contributed by atoms with E-state index in [1.165, 1.54) is 18.2 Å². The first-order valence-corrected chi connectivity index (χ1v) is 4.79. The van der Waals surface area contributed by atoms with Crippen LogP contribution in [0.15, 0.2) is 30.3 Å². The van der Waals surface area contributed by atoms with Gasteiger partial charge in [-0.15, -0.1) is 6.42 Å². The van der Waals surface area contributed by atoms with Crippen LogP contribution in [0.25, 0.3) is 10.8 Å². The van der Waals surface area contributed by atoms with Crippen molar-refractivity contribution < 1.29 is 13.2 Å². The van der Waals surface area contributed by atoms with Crippen molar-refractivity contribution in [2.24, 2.45) is 0 Å². The molecule has 0 spiro atoms. The second-order valence-electron chi connectivity index (χ2n) is 3.61. The molecule has 1 nitrogen and oxygen atoms in total. The van der Waals surface area contributed by atoms with Crippen LogP contribution < -0.4 is 5.73 Å². The molecule has 0 radical (unpaired) electrons. The van der Waals surface area contributed by atoms with Crippen molar-refractivity contribution in [1.29, 1.82) is 0 Å². The molecular formula is C13H8F3N. The highest BCUT2D eigenvalue weighted by atomic mass is 19.4. The number of terminal acetylenes is 1. The molecule has 0 unspecified atom stereocenters. The van der Waals surface area contributed by atoms with E-state index in [1.54, 1.807) is 6.07 Å². The molecule has 0 fully saturated rings. The lowest BCUT2D eigenvalue weighted by Gasteiger charge is -2.11. The largest absolute Gasteiger partial charge is 0.417 e. The molecular weight excluding hydrogens is 227 g/mol. The number of halogens is 3. The van der Waals surface area contributed by atoms with E-state index in [1.807, 2.05) is 0 Å². The van der Waals surface area contributed by atoms with Crippen molar-refractivity contribution in [3.05, 3.63) is 41.5 Å². The topological polar surface area (TPSA) is 26.0 Å². The number of benzene rings is 2. The molecule has 0 amide bonds. The maximum Gasteiger partial charge on any atom is 0.417 e. The molecule has 4 heteroatoms. The number of rotatable bonds is 0. The van der Waals surface area contributed by atoms with Gasteiger partial charge >= 0.3 is 6.18 Å². The van der Waals surface area contributed by atoms with Crippen molar-refractivity contribution >= 4 is 16.5 Å². The van der Waals surface area contributed by atoms with Crippen LogP contribution in [-0.4, -0.2) is 0 Å². The van der Waals surface area contributed by atoms with E-state index in [-0.39, 0.29) is 5.56 Å². The van der Waals surface area contributed by atoms with Crippen LogP contribution in [0, 0.1) is 12.3 Å². The Balaban J connectivity index is 2.84. The molecule has 2 N–H and O–H groups in total. The smallest absolute Gasteiger partial charge is 0.399 e. The number of hydrogen-bond donors (Lipinski definition) is 1. The highest BCUT2D eigenvalue weighted by molar-refractivity contribution is 5.91. The van der Waals surface area contributed by atoms with E-state index >= 15 is 0 Å². The lowest BCUT2D eigenvalue weighted by Crippen LogP contribution is -2.08. The molecule has 0 heterocycles. The van der Waals surface area contributed by atoms with Gasteiger partial charge in [0.05, 0.1) is 5.56 Å². The van der Waals surface area contributed by atoms with E-state index in [0.29, 0.717) is 16.5 Å². The van der Waals surface area contributed by atoms with Crippen LogP contribution in [0.4, 0.5) is 18.9 Å². The lowest BCUT2D eigenvalue weighted by molar-refractivity contribution is -0.137. The number of nitrogens with two attached hydrogens (primary N) is 1. The van der Waals surface area contributed by atoms with Crippen molar-refractivity contribution in [2.45, 2.75) is 6.18 Å². The minimum atomic E-state index is -4.45. The summed E-state index contributed by atoms with van der Waals surface area (Å²) in [6.07, 6.45) is 0.723. The fraction of sp³-hybridized carbons (Fsp3) is 0.0769. The Morgan fingerprint density at radius 1 is 1.12 bits per heavy atom. The molecule has 2 aromatic rings. The summed E-state index contributed by atoms with van der Waals surface area (Å²) in [6, 6.07) is 6.99. The average Bonchev–Trinajstić information content (AvgIpc) is 2.25. The van der Waals surface area contributed by atoms with Crippen molar-refractivity contribution in [3.63, 3.8) is 0 Å². The summed E-state index contributed by atoms with van der Waals surface area (Å²) in [7, 11) is 0. The fourth-order valence-electron chi connectivity index (χ4n) is 1.74. The number of alkyl halides is 3. The molecule has 0 saturated carbocycles. The van der Waals surface area contributed by atoms with Gasteiger partial charge in [-0.25, -0.2) is 0 Å². The highest BCUT2D eigenvalue weighted by Crippen LogP contribution is 2.35. The number of anilines is 1. The first-order valence-electron chi connectivity index (χ1n) is 4.79. The predicted molar refractivity (Wildman–Crippen MR) is 61.3 cm³/mol. The van der Waals surface area contributed by atoms with Gasteiger partial charge < -0.3 is 5.73 Å². The third kappa shape index (κ3) is 1.92. The van der Waals surface area contributed by atoms with E-state index in [2.05, 4.69) is 5.92 Å². The monoisotopic (exact) mass is 235 g/mol. The molecule has 86 valence electrons. The van der Waals surface area contributed by atoms with Crippen LogP contribution in [0.3, 0.4) is 0 Å². The molecule has 0 aliphatic rings. The Labute approximate surface area is 96.0 Å². The first-order chi connectivity index (χ1) is 7.93. The molecule has 0 aliphatic heterocycles. The SMILES string of the molecule is C#Cc1c(C(F)(F)F)ccc2cc(N)ccc12. The maximum atomic E-state index is 12.7. The van der Waals surface area contributed by atoms with E-state index in [4.69, 9.17) is 12.2 Å². The minimum Gasteiger partial charge on any atom is -0.399 e. The van der Waals surface area contributed by atoms with Gasteiger partial charge in [0.15, 0.2) is 0 Å². The summed E-state index contributed by atoms with van der Waals surface area (Å²) in [4.78, 5) is 0. The molecule has 17 heavy (non-hydrogen) atoms. The summed E-state index contributed by atoms with van der Waals surface area (Å²) in [6.45, 7) is 0. The third-order valence-electron chi connectivity index (χ3n) is 2.49. The summed E-state index contributed by atoms with van der Waals surface area (Å²) < 4.78 is 38.2. The van der Waals surface area contributed by atoms with Crippen LogP contribution in [0.1, 0.15) is 11.1 Å². The Morgan fingerprint density at radius 2 is 1.82 bits per heavy atom. The van der Waals surface area contributed by atoms with Gasteiger partial charge in [-0.3, -0.25) is 0 Å². The zero-order valence-corrected chi connectivity index (χ0v) is 8.68. The maximum absolute atomic E-state index is 12.7. The van der Waals surface area contributed by atoms with Gasteiger partial charge in [0, 0.05) is 11.3 Å². The first kappa shape index (κ1) is 11.3. The summed E-state index contributed by atoms with van der Waals surface area (Å²) in [5.41, 5.74) is 5.11. The van der Waals surface area contributed by atoms with E-state index in [0.717, 1.165) is 6.07 Å². The molecule has 0 aromatic heterocycles. The molecule has 0 atom stereocenters. The molecule has 0 bridgehead atoms. The Bertz CT molecular complexity index is 621. The van der Waals surface area contributed by atoms with Crippen LogP contribution in [0.5, 0.6) is 0 Å². The molecule has 0 aliphatic carbocycles. The second kappa shape index (κ2) is 3.70. The van der Waals surface area contributed by atoms with Gasteiger partial charge in [-0.2, -0.15) is 13.2 Å². The average molecular weight is 235 g/mol. The third-order valence-corrected chi connectivity index (χ3v) is 2.49. The highest BCUT2D eigenvalue weighted by Gasteiger charge is 2.33. The van der Waals surface area contributed by atoms with E-state index in [9.17, 15) is 13.2 Å². The van der Waals surface area contributed by atoms with Gasteiger partial charge in [0.1, 0.15) is 0 Å². The van der Waals surface area contributed by atoms with Gasteiger partial charge in [-0.1, -0.05) is 18.1 Å². The Hall–Kier alpha value is -2.15. The predicted octanol–water partition coefficient (Wildman–Crippen LogP) is 3.42. The quantitative estimate of drug-likeness (QED) is 0.549. The molecule has 0 saturated heterocycles. The van der Waals surface area contributed by atoms with Gasteiger partial charge in [0.2, 0.25) is 0 Å². The Morgan fingerprint density at radius 3 is 2.41 bits per heavy atom. The van der Waals surface area contributed by atoms with E-state index < -0.39 is 11.7 Å². The van der Waals surface area contributed by atoms with Crippen LogP contribution in [-0.2, 0) is 6.18 Å². The summed E-state index contributed by atoms with van der Waals surface area (Å²) in [5, 5.41) is 0.988. The normalized spacial score (nSPS) is 11.4. The zero-order valence-electron chi connectivity index (χ0n) is 8.68. The standard InChI is InChI=1S/C13H8F3N/c1-2-10-11-5-4-9(17)7-8(11)3-6-12(10)13(14,15)16/h1,3-7H,17H2. The van der Waals surface area contributed by atoms with Crippen molar-refractivity contribution in [2.75, 3.05) is 5.73 Å². The summed E-state index contributed by atoms with van der Waals surface area (Å²) >= 11 is 0. The number of nitrogen functional groups attached to an aromatic ring is 1. The van der Waals surface area contributed by atoms with Crippen molar-refractivity contribution in [3.8, 4) is 12.3 Å². The molecule has 2 rings (SSSR count). The second-order valence-corrected chi connectivity index (χ2v) is 3.61. The van der Waals surface area contributed by atoms with Gasteiger partial charge in [-0.05, 0) is 29.0 Å². The number of fused-ring (bicyclic) bond motifs is 1. The van der Waals surface area contributed by atoms with Crippen molar-refractivity contribution in [1.82, 2.24) is 0 Å². The molecule has 2 aromatic carbocycles. The Kier molecular flexibility index (Phi) is 2.47. The van der Waals surface area contributed by atoms with Gasteiger partial charge in [0.25, 0.3) is 0 Å². The number of hydrogen-bond acceptors (Lipinski definition) is 1. The zero-order chi connectivity index (χ0) is 12.6. The summed E-state index contributed by atoms with van der Waals surface area (Å²) in [5.74, 6) is 2.10.